The van der Waals surface area contributed by atoms with Crippen LogP contribution in [0.5, 0.6) is 0 Å². The van der Waals surface area contributed by atoms with Crippen LogP contribution in [-0.4, -0.2) is 88.7 Å². The van der Waals surface area contributed by atoms with Crippen LogP contribution < -0.4 is 10.6 Å². The molecular formula is C33H64N2O8. The van der Waals surface area contributed by atoms with Crippen molar-refractivity contribution < 1.29 is 39.5 Å². The van der Waals surface area contributed by atoms with E-state index in [4.69, 9.17) is 9.47 Å². The highest BCUT2D eigenvalue weighted by atomic mass is 16.7. The zero-order valence-corrected chi connectivity index (χ0v) is 27.1. The Bertz CT molecular complexity index is 696. The lowest BCUT2D eigenvalue weighted by Gasteiger charge is -2.39. The summed E-state index contributed by atoms with van der Waals surface area (Å²) < 4.78 is 11.0. The van der Waals surface area contributed by atoms with Crippen molar-refractivity contribution in [3.63, 3.8) is 0 Å². The fourth-order valence-corrected chi connectivity index (χ4v) is 5.39. The van der Waals surface area contributed by atoms with Gasteiger partial charge in [-0.05, 0) is 12.8 Å². The molecule has 0 aromatic rings. The molecule has 1 aliphatic heterocycles. The molecule has 1 rings (SSSR count). The number of hydrogen-bond acceptors (Lipinski definition) is 8. The molecule has 1 heterocycles. The Morgan fingerprint density at radius 2 is 1.19 bits per heavy atom. The van der Waals surface area contributed by atoms with E-state index in [0.29, 0.717) is 13.0 Å². The first kappa shape index (κ1) is 39.7. The summed E-state index contributed by atoms with van der Waals surface area (Å²) in [5, 5.41) is 45.2. The van der Waals surface area contributed by atoms with Crippen LogP contribution in [0.15, 0.2) is 0 Å². The van der Waals surface area contributed by atoms with Crippen molar-refractivity contribution in [3.05, 3.63) is 0 Å². The number of aliphatic hydroxyl groups is 4. The number of aliphatic hydroxyl groups excluding tert-OH is 4. The molecule has 0 aliphatic carbocycles. The van der Waals surface area contributed by atoms with Crippen LogP contribution >= 0.6 is 0 Å². The minimum atomic E-state index is -1.58. The molecule has 0 spiro atoms. The van der Waals surface area contributed by atoms with Crippen LogP contribution in [0.4, 0.5) is 0 Å². The SMILES string of the molecule is CCCCCCCCCCCCCCCCCC(=O)N[C@@H](COC1O[C@H](CO)[C@H](O)[C@H](O)[C@H]1O)C(=O)NCCCCCC. The monoisotopic (exact) mass is 616 g/mol. The van der Waals surface area contributed by atoms with Crippen molar-refractivity contribution in [1.29, 1.82) is 0 Å². The topological polar surface area (TPSA) is 158 Å². The molecule has 2 amide bonds. The minimum absolute atomic E-state index is 0.252. The first-order chi connectivity index (χ1) is 20.8. The number of amides is 2. The Hall–Kier alpha value is -1.30. The van der Waals surface area contributed by atoms with E-state index in [0.717, 1.165) is 44.9 Å². The molecule has 0 saturated carbocycles. The number of hydrogen-bond donors (Lipinski definition) is 6. The first-order valence-corrected chi connectivity index (χ1v) is 17.3. The number of carbonyl (C=O) groups excluding carboxylic acids is 2. The van der Waals surface area contributed by atoms with E-state index in [1.165, 1.54) is 77.0 Å². The highest BCUT2D eigenvalue weighted by molar-refractivity contribution is 5.87. The maximum absolute atomic E-state index is 12.9. The molecule has 43 heavy (non-hydrogen) atoms. The van der Waals surface area contributed by atoms with E-state index in [1.807, 2.05) is 0 Å². The van der Waals surface area contributed by atoms with Crippen molar-refractivity contribution in [3.8, 4) is 0 Å². The summed E-state index contributed by atoms with van der Waals surface area (Å²) in [4.78, 5) is 25.6. The van der Waals surface area contributed by atoms with Crippen LogP contribution in [-0.2, 0) is 19.1 Å². The highest BCUT2D eigenvalue weighted by Gasteiger charge is 2.44. The van der Waals surface area contributed by atoms with Gasteiger partial charge in [-0.25, -0.2) is 0 Å². The van der Waals surface area contributed by atoms with E-state index in [-0.39, 0.29) is 12.5 Å². The average Bonchev–Trinajstić information content (AvgIpc) is 3.00. The molecule has 0 aromatic carbocycles. The number of rotatable bonds is 27. The molecule has 1 aliphatic rings. The van der Waals surface area contributed by atoms with Gasteiger partial charge in [0.25, 0.3) is 0 Å². The van der Waals surface area contributed by atoms with E-state index < -0.39 is 49.3 Å². The molecule has 0 bridgehead atoms. The minimum Gasteiger partial charge on any atom is -0.394 e. The number of nitrogens with one attached hydrogen (secondary N) is 2. The van der Waals surface area contributed by atoms with Gasteiger partial charge in [0.1, 0.15) is 30.5 Å². The van der Waals surface area contributed by atoms with Gasteiger partial charge in [-0.1, -0.05) is 123 Å². The smallest absolute Gasteiger partial charge is 0.244 e. The second-order valence-electron chi connectivity index (χ2n) is 12.2. The maximum atomic E-state index is 12.9. The Morgan fingerprint density at radius 1 is 0.698 bits per heavy atom. The van der Waals surface area contributed by atoms with Crippen LogP contribution in [0.3, 0.4) is 0 Å². The Kier molecular flexibility index (Phi) is 24.0. The summed E-state index contributed by atoms with van der Waals surface area (Å²) in [6, 6.07) is -1.01. The van der Waals surface area contributed by atoms with Gasteiger partial charge in [0, 0.05) is 13.0 Å². The molecule has 1 saturated heterocycles. The van der Waals surface area contributed by atoms with Crippen molar-refractivity contribution in [2.45, 2.75) is 179 Å². The van der Waals surface area contributed by atoms with Crippen LogP contribution in [0, 0.1) is 0 Å². The first-order valence-electron chi connectivity index (χ1n) is 17.3. The van der Waals surface area contributed by atoms with Gasteiger partial charge in [0.05, 0.1) is 13.2 Å². The molecule has 6 atom stereocenters. The molecule has 10 nitrogen and oxygen atoms in total. The summed E-state index contributed by atoms with van der Waals surface area (Å²) >= 11 is 0. The molecular weight excluding hydrogens is 552 g/mol. The zero-order valence-electron chi connectivity index (χ0n) is 27.1. The normalized spacial score (nSPS) is 22.8. The van der Waals surface area contributed by atoms with E-state index >= 15 is 0 Å². The van der Waals surface area contributed by atoms with Gasteiger partial charge in [0.2, 0.25) is 11.8 Å². The lowest BCUT2D eigenvalue weighted by atomic mass is 9.99. The number of carbonyl (C=O) groups is 2. The molecule has 10 heteroatoms. The molecule has 0 radical (unpaired) electrons. The van der Waals surface area contributed by atoms with Gasteiger partial charge >= 0.3 is 0 Å². The fourth-order valence-electron chi connectivity index (χ4n) is 5.39. The van der Waals surface area contributed by atoms with E-state index in [9.17, 15) is 30.0 Å². The summed E-state index contributed by atoms with van der Waals surface area (Å²) in [6.07, 6.45) is 15.8. The Labute approximate surface area is 260 Å². The van der Waals surface area contributed by atoms with Crippen molar-refractivity contribution in [2.24, 2.45) is 0 Å². The summed E-state index contributed by atoms with van der Waals surface area (Å²) in [5.74, 6) is -0.649. The maximum Gasteiger partial charge on any atom is 0.244 e. The second-order valence-corrected chi connectivity index (χ2v) is 12.2. The largest absolute Gasteiger partial charge is 0.394 e. The van der Waals surface area contributed by atoms with Gasteiger partial charge < -0.3 is 40.5 Å². The third kappa shape index (κ3) is 18.3. The van der Waals surface area contributed by atoms with Gasteiger partial charge in [0.15, 0.2) is 6.29 Å². The average molecular weight is 617 g/mol. The fraction of sp³-hybridized carbons (Fsp3) is 0.939. The molecule has 1 fully saturated rings. The second kappa shape index (κ2) is 26.0. The van der Waals surface area contributed by atoms with Gasteiger partial charge in [-0.2, -0.15) is 0 Å². The number of unbranched alkanes of at least 4 members (excludes halogenated alkanes) is 17. The third-order valence-corrected chi connectivity index (χ3v) is 8.26. The summed E-state index contributed by atoms with van der Waals surface area (Å²) in [5.41, 5.74) is 0. The van der Waals surface area contributed by atoms with Crippen molar-refractivity contribution in [1.82, 2.24) is 10.6 Å². The molecule has 0 aromatic heterocycles. The predicted molar refractivity (Wildman–Crippen MR) is 168 cm³/mol. The molecule has 254 valence electrons. The van der Waals surface area contributed by atoms with Crippen LogP contribution in [0.1, 0.15) is 142 Å². The zero-order chi connectivity index (χ0) is 31.7. The van der Waals surface area contributed by atoms with Crippen molar-refractivity contribution >= 4 is 11.8 Å². The molecule has 1 unspecified atom stereocenters. The highest BCUT2D eigenvalue weighted by Crippen LogP contribution is 2.22. The molecule has 6 N–H and O–H groups in total. The predicted octanol–water partition coefficient (Wildman–Crippen LogP) is 4.25. The van der Waals surface area contributed by atoms with Crippen LogP contribution in [0.2, 0.25) is 0 Å². The lowest BCUT2D eigenvalue weighted by Crippen LogP contribution is -2.60. The van der Waals surface area contributed by atoms with E-state index in [2.05, 4.69) is 24.5 Å². The standard InChI is InChI=1S/C33H64N2O8/c1-3-5-7-9-10-11-12-13-14-15-16-17-18-19-20-22-28(37)35-26(32(41)34-23-21-8-6-4-2)25-42-33-31(40)30(39)29(38)27(24-36)43-33/h26-27,29-31,33,36,38-40H,3-25H2,1-2H3,(H,34,41)(H,35,37)/t26-,27+,29-,30-,31+,33?/m0/s1. The quantitative estimate of drug-likeness (QED) is 0.0748. The van der Waals surface area contributed by atoms with Gasteiger partial charge in [-0.15, -0.1) is 0 Å². The van der Waals surface area contributed by atoms with Crippen LogP contribution in [0.25, 0.3) is 0 Å². The Morgan fingerprint density at radius 3 is 1.70 bits per heavy atom. The van der Waals surface area contributed by atoms with Crippen molar-refractivity contribution in [2.75, 3.05) is 19.8 Å². The Balaban J connectivity index is 2.34. The lowest BCUT2D eigenvalue weighted by molar-refractivity contribution is -0.301. The summed E-state index contributed by atoms with van der Waals surface area (Å²) in [7, 11) is 0. The number of ether oxygens (including phenoxy) is 2. The van der Waals surface area contributed by atoms with Gasteiger partial charge in [-0.3, -0.25) is 9.59 Å². The van der Waals surface area contributed by atoms with E-state index in [1.54, 1.807) is 0 Å². The third-order valence-electron chi connectivity index (χ3n) is 8.26. The summed E-state index contributed by atoms with van der Waals surface area (Å²) in [6.45, 7) is 3.96.